The number of esters is 1. The van der Waals surface area contributed by atoms with Gasteiger partial charge >= 0.3 is 12.0 Å². The smallest absolute Gasteiger partial charge is 0.321 e. The van der Waals surface area contributed by atoms with Crippen molar-refractivity contribution in [3.63, 3.8) is 0 Å². The zero-order valence-corrected chi connectivity index (χ0v) is 14.0. The van der Waals surface area contributed by atoms with Crippen LogP contribution in [0, 0.1) is 5.92 Å². The molecule has 2 heterocycles. The number of hydrogen-bond acceptors (Lipinski definition) is 4. The van der Waals surface area contributed by atoms with Crippen molar-refractivity contribution in [3.8, 4) is 0 Å². The molecule has 0 bridgehead atoms. The molecule has 2 aromatic carbocycles. The van der Waals surface area contributed by atoms with Gasteiger partial charge in [-0.3, -0.25) is 9.89 Å². The lowest BCUT2D eigenvalue weighted by molar-refractivity contribution is -0.154. The minimum Gasteiger partial charge on any atom is -0.460 e. The molecule has 1 aromatic heterocycles. The molecule has 0 unspecified atom stereocenters. The van der Waals surface area contributed by atoms with E-state index in [0.717, 1.165) is 16.5 Å². The zero-order chi connectivity index (χ0) is 17.9. The lowest BCUT2D eigenvalue weighted by atomic mass is 10.0. The van der Waals surface area contributed by atoms with Crippen molar-refractivity contribution in [1.29, 1.82) is 0 Å². The number of carbonyl (C=O) groups excluding carboxylic acids is 2. The fourth-order valence-electron chi connectivity index (χ4n) is 2.86. The second-order valence-corrected chi connectivity index (χ2v) is 6.30. The molecule has 7 nitrogen and oxygen atoms in total. The van der Waals surface area contributed by atoms with E-state index >= 15 is 0 Å². The normalized spacial score (nSPS) is 14.1. The quantitative estimate of drug-likeness (QED) is 0.708. The van der Waals surface area contributed by atoms with E-state index in [9.17, 15) is 9.59 Å². The number of carbonyl (C=O) groups is 2. The van der Waals surface area contributed by atoms with Crippen LogP contribution in [-0.2, 0) is 16.1 Å². The van der Waals surface area contributed by atoms with Crippen LogP contribution < -0.4 is 5.32 Å². The van der Waals surface area contributed by atoms with Gasteiger partial charge < -0.3 is 15.0 Å². The maximum atomic E-state index is 12.3. The number of aromatic amines is 1. The lowest BCUT2D eigenvalue weighted by Gasteiger charge is -2.37. The number of H-pyrrole nitrogens is 1. The third-order valence-electron chi connectivity index (χ3n) is 4.42. The molecular weight excluding hydrogens is 332 g/mol. The second-order valence-electron chi connectivity index (χ2n) is 6.30. The monoisotopic (exact) mass is 350 g/mol. The van der Waals surface area contributed by atoms with Gasteiger partial charge in [-0.25, -0.2) is 4.79 Å². The highest BCUT2D eigenvalue weighted by molar-refractivity contribution is 5.93. The van der Waals surface area contributed by atoms with E-state index in [1.807, 2.05) is 48.5 Å². The SMILES string of the molecule is O=C(OCc1ccccc1)C1CN(C(=O)Nc2ccc3[nH]ncc3c2)C1. The molecule has 0 spiro atoms. The molecule has 0 atom stereocenters. The van der Waals surface area contributed by atoms with Crippen LogP contribution in [0.3, 0.4) is 0 Å². The Kier molecular flexibility index (Phi) is 4.27. The van der Waals surface area contributed by atoms with Gasteiger partial charge in [-0.2, -0.15) is 5.10 Å². The average molecular weight is 350 g/mol. The lowest BCUT2D eigenvalue weighted by Crippen LogP contribution is -2.54. The molecule has 26 heavy (non-hydrogen) atoms. The highest BCUT2D eigenvalue weighted by Gasteiger charge is 2.36. The van der Waals surface area contributed by atoms with Gasteiger partial charge in [-0.1, -0.05) is 30.3 Å². The summed E-state index contributed by atoms with van der Waals surface area (Å²) in [7, 11) is 0. The van der Waals surface area contributed by atoms with Crippen LogP contribution in [0.4, 0.5) is 10.5 Å². The Labute approximate surface area is 149 Å². The summed E-state index contributed by atoms with van der Waals surface area (Å²) in [6.45, 7) is 0.994. The molecule has 1 aliphatic heterocycles. The van der Waals surface area contributed by atoms with E-state index in [1.54, 1.807) is 11.1 Å². The Morgan fingerprint density at radius 1 is 1.19 bits per heavy atom. The Hall–Kier alpha value is -3.35. The van der Waals surface area contributed by atoms with Crippen LogP contribution in [0.1, 0.15) is 5.56 Å². The van der Waals surface area contributed by atoms with Crippen LogP contribution in [0.25, 0.3) is 10.9 Å². The Bertz CT molecular complexity index is 932. The van der Waals surface area contributed by atoms with Crippen molar-refractivity contribution in [2.45, 2.75) is 6.61 Å². The number of nitrogens with one attached hydrogen (secondary N) is 2. The first-order valence-electron chi connectivity index (χ1n) is 8.39. The van der Waals surface area contributed by atoms with Crippen molar-refractivity contribution >= 4 is 28.6 Å². The molecule has 2 amide bonds. The second kappa shape index (κ2) is 6.87. The number of ether oxygens (including phenoxy) is 1. The van der Waals surface area contributed by atoms with Crippen molar-refractivity contribution in [1.82, 2.24) is 15.1 Å². The molecular formula is C19H18N4O3. The highest BCUT2D eigenvalue weighted by atomic mass is 16.5. The van der Waals surface area contributed by atoms with E-state index in [0.29, 0.717) is 18.8 Å². The largest absolute Gasteiger partial charge is 0.460 e. The number of anilines is 1. The van der Waals surface area contributed by atoms with Crippen molar-refractivity contribution in [3.05, 3.63) is 60.3 Å². The van der Waals surface area contributed by atoms with Gasteiger partial charge in [0, 0.05) is 24.2 Å². The molecule has 1 fully saturated rings. The summed E-state index contributed by atoms with van der Waals surface area (Å²) in [5.74, 6) is -0.529. The van der Waals surface area contributed by atoms with Gasteiger partial charge in [0.2, 0.25) is 0 Å². The summed E-state index contributed by atoms with van der Waals surface area (Å²) in [5.41, 5.74) is 2.55. The number of benzene rings is 2. The predicted molar refractivity (Wildman–Crippen MR) is 96.4 cm³/mol. The minimum atomic E-state index is -0.266. The molecule has 7 heteroatoms. The first kappa shape index (κ1) is 16.1. The first-order chi connectivity index (χ1) is 12.7. The number of amides is 2. The number of hydrogen-bond donors (Lipinski definition) is 2. The van der Waals surface area contributed by atoms with Crippen LogP contribution >= 0.6 is 0 Å². The molecule has 132 valence electrons. The van der Waals surface area contributed by atoms with Crippen LogP contribution in [0.5, 0.6) is 0 Å². The Balaban J connectivity index is 1.25. The van der Waals surface area contributed by atoms with Crippen molar-refractivity contribution in [2.75, 3.05) is 18.4 Å². The van der Waals surface area contributed by atoms with E-state index in [1.165, 1.54) is 0 Å². The standard InChI is InChI=1S/C19H18N4O3/c24-18(26-12-13-4-2-1-3-5-13)15-10-23(11-15)19(25)21-16-6-7-17-14(8-16)9-20-22-17/h1-9,15H,10-12H2,(H,20,22)(H,21,25). The highest BCUT2D eigenvalue weighted by Crippen LogP contribution is 2.21. The summed E-state index contributed by atoms with van der Waals surface area (Å²) in [6, 6.07) is 14.8. The van der Waals surface area contributed by atoms with Gasteiger partial charge in [0.05, 0.1) is 17.6 Å². The number of aromatic nitrogens is 2. The van der Waals surface area contributed by atoms with E-state index in [4.69, 9.17) is 4.74 Å². The maximum Gasteiger partial charge on any atom is 0.321 e. The fourth-order valence-corrected chi connectivity index (χ4v) is 2.86. The Morgan fingerprint density at radius 3 is 2.81 bits per heavy atom. The van der Waals surface area contributed by atoms with E-state index < -0.39 is 0 Å². The third kappa shape index (κ3) is 3.37. The topological polar surface area (TPSA) is 87.3 Å². The number of urea groups is 1. The number of rotatable bonds is 4. The number of fused-ring (bicyclic) bond motifs is 1. The fraction of sp³-hybridized carbons (Fsp3) is 0.211. The summed E-state index contributed by atoms with van der Waals surface area (Å²) in [6.07, 6.45) is 1.70. The zero-order valence-electron chi connectivity index (χ0n) is 14.0. The molecule has 2 N–H and O–H groups in total. The van der Waals surface area contributed by atoms with Crippen LogP contribution in [0.2, 0.25) is 0 Å². The summed E-state index contributed by atoms with van der Waals surface area (Å²) in [4.78, 5) is 25.9. The van der Waals surface area contributed by atoms with Gasteiger partial charge in [-0.05, 0) is 23.8 Å². The average Bonchev–Trinajstić information content (AvgIpc) is 3.07. The van der Waals surface area contributed by atoms with Crippen molar-refractivity contribution < 1.29 is 14.3 Å². The summed E-state index contributed by atoms with van der Waals surface area (Å²) < 4.78 is 5.31. The number of nitrogens with zero attached hydrogens (tertiary/aromatic N) is 2. The molecule has 1 aliphatic rings. The molecule has 0 radical (unpaired) electrons. The van der Waals surface area contributed by atoms with Crippen molar-refractivity contribution in [2.24, 2.45) is 5.92 Å². The molecule has 3 aromatic rings. The molecule has 0 aliphatic carbocycles. The maximum absolute atomic E-state index is 12.3. The van der Waals surface area contributed by atoms with E-state index in [2.05, 4.69) is 15.5 Å². The van der Waals surface area contributed by atoms with Crippen LogP contribution in [-0.4, -0.2) is 40.2 Å². The molecule has 1 saturated heterocycles. The van der Waals surface area contributed by atoms with Crippen LogP contribution in [0.15, 0.2) is 54.7 Å². The van der Waals surface area contributed by atoms with Gasteiger partial charge in [0.15, 0.2) is 0 Å². The van der Waals surface area contributed by atoms with Gasteiger partial charge in [0.25, 0.3) is 0 Å². The van der Waals surface area contributed by atoms with Gasteiger partial charge in [-0.15, -0.1) is 0 Å². The van der Waals surface area contributed by atoms with E-state index in [-0.39, 0.29) is 24.5 Å². The van der Waals surface area contributed by atoms with Gasteiger partial charge in [0.1, 0.15) is 6.61 Å². The summed E-state index contributed by atoms with van der Waals surface area (Å²) in [5, 5.41) is 10.6. The first-order valence-corrected chi connectivity index (χ1v) is 8.39. The minimum absolute atomic E-state index is 0.222. The third-order valence-corrected chi connectivity index (χ3v) is 4.42. The summed E-state index contributed by atoms with van der Waals surface area (Å²) >= 11 is 0. The predicted octanol–water partition coefficient (Wildman–Crippen LogP) is 2.77. The Morgan fingerprint density at radius 2 is 2.00 bits per heavy atom. The number of likely N-dealkylation sites (tertiary alicyclic amines) is 1. The molecule has 0 saturated carbocycles. The molecule has 4 rings (SSSR count).